The number of hydrogen-bond acceptors (Lipinski definition) is 1. The zero-order chi connectivity index (χ0) is 18.2. The Morgan fingerprint density at radius 2 is 1.56 bits per heavy atom. The van der Waals surface area contributed by atoms with Crippen molar-refractivity contribution in [2.45, 2.75) is 77.6 Å². The summed E-state index contributed by atoms with van der Waals surface area (Å²) >= 11 is 0. The first-order chi connectivity index (χ1) is 11.5. The lowest BCUT2D eigenvalue weighted by Gasteiger charge is -2.41. The lowest BCUT2D eigenvalue weighted by atomic mass is 9.63. The molecule has 132 valence electrons. The Morgan fingerprint density at radius 3 is 2.24 bits per heavy atom. The van der Waals surface area contributed by atoms with Gasteiger partial charge in [0.15, 0.2) is 0 Å². The van der Waals surface area contributed by atoms with Crippen molar-refractivity contribution in [2.75, 3.05) is 0 Å². The largest absolute Gasteiger partial charge is 0.456 e. The summed E-state index contributed by atoms with van der Waals surface area (Å²) in [6.07, 6.45) is 2.43. The molecule has 0 aliphatic heterocycles. The van der Waals surface area contributed by atoms with Crippen LogP contribution in [0.5, 0.6) is 0 Å². The van der Waals surface area contributed by atoms with Gasteiger partial charge in [0.05, 0.1) is 0 Å². The fourth-order valence-corrected chi connectivity index (χ4v) is 4.64. The summed E-state index contributed by atoms with van der Waals surface area (Å²) in [6, 6.07) is 11.2. The molecule has 0 unspecified atom stereocenters. The molecule has 0 atom stereocenters. The number of hydrogen-bond donors (Lipinski definition) is 0. The highest BCUT2D eigenvalue weighted by Crippen LogP contribution is 2.50. The minimum Gasteiger partial charge on any atom is -0.456 e. The zero-order valence-corrected chi connectivity index (χ0v) is 16.7. The van der Waals surface area contributed by atoms with E-state index < -0.39 is 0 Å². The molecular weight excluding hydrogens is 304 g/mol. The van der Waals surface area contributed by atoms with E-state index in [1.165, 1.54) is 40.3 Å². The zero-order valence-electron chi connectivity index (χ0n) is 16.7. The van der Waals surface area contributed by atoms with E-state index in [1.807, 2.05) is 0 Å². The van der Waals surface area contributed by atoms with E-state index in [0.29, 0.717) is 0 Å². The van der Waals surface area contributed by atoms with E-state index in [1.54, 1.807) is 0 Å². The summed E-state index contributed by atoms with van der Waals surface area (Å²) in [5, 5.41) is 2.58. The molecule has 0 saturated heterocycles. The Balaban J connectivity index is 2.17. The smallest absolute Gasteiger partial charge is 0.139 e. The van der Waals surface area contributed by atoms with Gasteiger partial charge in [-0.15, -0.1) is 0 Å². The molecule has 2 aromatic carbocycles. The molecule has 0 N–H and O–H groups in total. The van der Waals surface area contributed by atoms with Gasteiger partial charge in [-0.05, 0) is 46.3 Å². The lowest BCUT2D eigenvalue weighted by molar-refractivity contribution is 0.331. The molecule has 1 nitrogen and oxygen atoms in total. The second-order valence-electron chi connectivity index (χ2n) is 10.2. The molecule has 3 aromatic rings. The molecule has 0 radical (unpaired) electrons. The third-order valence-electron chi connectivity index (χ3n) is 6.25. The van der Waals surface area contributed by atoms with Gasteiger partial charge in [0.2, 0.25) is 0 Å². The van der Waals surface area contributed by atoms with Crippen molar-refractivity contribution in [3.8, 4) is 0 Å². The van der Waals surface area contributed by atoms with Crippen LogP contribution in [0.4, 0.5) is 0 Å². The van der Waals surface area contributed by atoms with E-state index >= 15 is 0 Å². The highest BCUT2D eigenvalue weighted by atomic mass is 16.3. The quantitative estimate of drug-likeness (QED) is 0.422. The summed E-state index contributed by atoms with van der Waals surface area (Å²) in [4.78, 5) is 0. The first-order valence-corrected chi connectivity index (χ1v) is 9.52. The van der Waals surface area contributed by atoms with Crippen LogP contribution in [0.3, 0.4) is 0 Å². The highest BCUT2D eigenvalue weighted by molar-refractivity contribution is 6.08. The molecule has 1 heteroatoms. The Morgan fingerprint density at radius 1 is 0.880 bits per heavy atom. The number of benzene rings is 2. The summed E-state index contributed by atoms with van der Waals surface area (Å²) < 4.78 is 6.52. The first kappa shape index (κ1) is 16.7. The molecular formula is C24H30O. The van der Waals surface area contributed by atoms with Gasteiger partial charge in [-0.1, -0.05) is 72.7 Å². The number of furan rings is 1. The van der Waals surface area contributed by atoms with Crippen molar-refractivity contribution >= 4 is 21.9 Å². The van der Waals surface area contributed by atoms with E-state index in [0.717, 1.165) is 11.2 Å². The van der Waals surface area contributed by atoms with Crippen LogP contribution in [0.15, 0.2) is 34.7 Å². The normalized spacial score (nSPS) is 19.3. The molecule has 1 aliphatic carbocycles. The highest BCUT2D eigenvalue weighted by Gasteiger charge is 2.39. The van der Waals surface area contributed by atoms with E-state index in [4.69, 9.17) is 4.42 Å². The topological polar surface area (TPSA) is 13.1 Å². The Hall–Kier alpha value is -1.76. The van der Waals surface area contributed by atoms with E-state index in [9.17, 15) is 0 Å². The van der Waals surface area contributed by atoms with Crippen molar-refractivity contribution in [1.82, 2.24) is 0 Å². The van der Waals surface area contributed by atoms with Gasteiger partial charge in [0, 0.05) is 16.3 Å². The van der Waals surface area contributed by atoms with Crippen molar-refractivity contribution in [2.24, 2.45) is 0 Å². The Labute approximate surface area is 151 Å². The third kappa shape index (κ3) is 2.35. The van der Waals surface area contributed by atoms with Crippen LogP contribution < -0.4 is 0 Å². The summed E-state index contributed by atoms with van der Waals surface area (Å²) in [6.45, 7) is 16.3. The van der Waals surface area contributed by atoms with Crippen LogP contribution in [0.25, 0.3) is 21.9 Å². The Bertz CT molecular complexity index is 977. The van der Waals surface area contributed by atoms with Gasteiger partial charge in [0.25, 0.3) is 0 Å². The molecule has 0 fully saturated rings. The van der Waals surface area contributed by atoms with Crippen LogP contribution in [0.2, 0.25) is 0 Å². The van der Waals surface area contributed by atoms with Crippen LogP contribution >= 0.6 is 0 Å². The van der Waals surface area contributed by atoms with Gasteiger partial charge in [-0.3, -0.25) is 0 Å². The number of rotatable bonds is 0. The average molecular weight is 335 g/mol. The molecule has 1 aliphatic rings. The van der Waals surface area contributed by atoms with Crippen LogP contribution in [-0.2, 0) is 16.2 Å². The predicted molar refractivity (Wildman–Crippen MR) is 108 cm³/mol. The van der Waals surface area contributed by atoms with Gasteiger partial charge >= 0.3 is 0 Å². The van der Waals surface area contributed by atoms with Crippen LogP contribution in [0.1, 0.15) is 78.0 Å². The molecule has 0 spiro atoms. The van der Waals surface area contributed by atoms with Crippen molar-refractivity contribution < 1.29 is 4.42 Å². The first-order valence-electron chi connectivity index (χ1n) is 9.52. The van der Waals surface area contributed by atoms with Gasteiger partial charge in [-0.2, -0.15) is 0 Å². The minimum absolute atomic E-state index is 0.0982. The van der Waals surface area contributed by atoms with Crippen LogP contribution in [-0.4, -0.2) is 0 Å². The average Bonchev–Trinajstić information content (AvgIpc) is 2.88. The summed E-state index contributed by atoms with van der Waals surface area (Å²) in [7, 11) is 0. The second kappa shape index (κ2) is 4.90. The van der Waals surface area contributed by atoms with Gasteiger partial charge in [0.1, 0.15) is 11.2 Å². The SMILES string of the molecule is CC(C)(C)c1cccc2oc3c4c(ccc3c12)C(C)(C)CCC4(C)C. The van der Waals surface area contributed by atoms with Crippen molar-refractivity contribution in [1.29, 1.82) is 0 Å². The van der Waals surface area contributed by atoms with E-state index in [-0.39, 0.29) is 16.2 Å². The van der Waals surface area contributed by atoms with Crippen molar-refractivity contribution in [3.63, 3.8) is 0 Å². The maximum absolute atomic E-state index is 6.52. The maximum atomic E-state index is 6.52. The fraction of sp³-hybridized carbons (Fsp3) is 0.500. The van der Waals surface area contributed by atoms with Gasteiger partial charge in [-0.25, -0.2) is 0 Å². The lowest BCUT2D eigenvalue weighted by Crippen LogP contribution is -2.33. The maximum Gasteiger partial charge on any atom is 0.139 e. The van der Waals surface area contributed by atoms with Gasteiger partial charge < -0.3 is 4.42 Å². The van der Waals surface area contributed by atoms with Crippen LogP contribution in [0, 0.1) is 0 Å². The standard InChI is InChI=1S/C24H30O/c1-22(2,3)16-9-8-10-18-19(16)15-11-12-17-20(21(15)25-18)24(6,7)14-13-23(17,4)5/h8-12H,13-14H2,1-7H3. The second-order valence-corrected chi connectivity index (χ2v) is 10.2. The molecule has 25 heavy (non-hydrogen) atoms. The fourth-order valence-electron chi connectivity index (χ4n) is 4.64. The van der Waals surface area contributed by atoms with Crippen molar-refractivity contribution in [3.05, 3.63) is 47.0 Å². The third-order valence-corrected chi connectivity index (χ3v) is 6.25. The molecule has 0 saturated carbocycles. The molecule has 0 bridgehead atoms. The molecule has 0 amide bonds. The monoisotopic (exact) mass is 334 g/mol. The number of fused-ring (bicyclic) bond motifs is 5. The Kier molecular flexibility index (Phi) is 3.27. The molecule has 4 rings (SSSR count). The minimum atomic E-state index is 0.0982. The molecule has 1 heterocycles. The molecule has 1 aromatic heterocycles. The van der Waals surface area contributed by atoms with E-state index in [2.05, 4.69) is 78.8 Å². The summed E-state index contributed by atoms with van der Waals surface area (Å²) in [5.41, 5.74) is 6.87. The predicted octanol–water partition coefficient (Wildman–Crippen LogP) is 7.23. The summed E-state index contributed by atoms with van der Waals surface area (Å²) in [5.74, 6) is 0.